The van der Waals surface area contributed by atoms with E-state index in [0.717, 1.165) is 6.07 Å². The average molecular weight is 335 g/mol. The zero-order valence-corrected chi connectivity index (χ0v) is 13.3. The number of carbonyl (C=O) groups is 1. The predicted molar refractivity (Wildman–Crippen MR) is 75.9 cm³/mol. The second kappa shape index (κ2) is 4.82. The first-order chi connectivity index (χ1) is 9.42. The van der Waals surface area contributed by atoms with Crippen LogP contribution in [0.2, 0.25) is 0 Å². The van der Waals surface area contributed by atoms with E-state index >= 15 is 0 Å². The summed E-state index contributed by atoms with van der Waals surface area (Å²) in [5.74, 6) is -0.635. The van der Waals surface area contributed by atoms with Crippen molar-refractivity contribution in [3.63, 3.8) is 0 Å². The van der Waals surface area contributed by atoms with E-state index in [2.05, 4.69) is 5.32 Å². The molecule has 0 spiro atoms. The van der Waals surface area contributed by atoms with E-state index in [9.17, 15) is 21.6 Å². The zero-order chi connectivity index (χ0) is 16.1. The minimum atomic E-state index is -3.90. The highest BCUT2D eigenvalue weighted by molar-refractivity contribution is 7.91. The van der Waals surface area contributed by atoms with Gasteiger partial charge in [0.05, 0.1) is 17.0 Å². The van der Waals surface area contributed by atoms with Crippen molar-refractivity contribution < 1.29 is 21.6 Å². The Morgan fingerprint density at radius 2 is 2.10 bits per heavy atom. The van der Waals surface area contributed by atoms with Gasteiger partial charge < -0.3 is 9.88 Å². The smallest absolute Gasteiger partial charge is 0.268 e. The number of primary sulfonamides is 1. The zero-order valence-electron chi connectivity index (χ0n) is 11.7. The third kappa shape index (κ3) is 3.44. The molecule has 3 N–H and O–H groups in total. The first-order valence-electron chi connectivity index (χ1n) is 6.14. The minimum absolute atomic E-state index is 0.0271. The summed E-state index contributed by atoms with van der Waals surface area (Å²) in [6.45, 7) is 1.65. The Bertz CT molecular complexity index is 794. The Morgan fingerprint density at radius 3 is 2.52 bits per heavy atom. The largest absolute Gasteiger partial charge is 0.345 e. The maximum Gasteiger partial charge on any atom is 0.268 e. The molecule has 1 saturated heterocycles. The summed E-state index contributed by atoms with van der Waals surface area (Å²) >= 11 is 0. The lowest BCUT2D eigenvalue weighted by molar-refractivity contribution is 0.0907. The predicted octanol–water partition coefficient (Wildman–Crippen LogP) is -1.02. The van der Waals surface area contributed by atoms with Crippen LogP contribution in [0.5, 0.6) is 0 Å². The summed E-state index contributed by atoms with van der Waals surface area (Å²) in [6, 6.07) is 1.16. The average Bonchev–Trinajstić information content (AvgIpc) is 2.79. The van der Waals surface area contributed by atoms with Crippen molar-refractivity contribution in [2.75, 3.05) is 11.5 Å². The minimum Gasteiger partial charge on any atom is -0.345 e. The van der Waals surface area contributed by atoms with Gasteiger partial charge in [0.15, 0.2) is 9.84 Å². The molecule has 21 heavy (non-hydrogen) atoms. The number of carbonyl (C=O) groups excluding carboxylic acids is 1. The number of hydrogen-bond donors (Lipinski definition) is 2. The van der Waals surface area contributed by atoms with E-state index in [0.29, 0.717) is 6.42 Å². The van der Waals surface area contributed by atoms with Crippen molar-refractivity contribution in [3.05, 3.63) is 18.0 Å². The van der Waals surface area contributed by atoms with Crippen molar-refractivity contribution in [2.45, 2.75) is 23.8 Å². The number of aryl methyl sites for hydroxylation is 1. The Balaban J connectivity index is 2.24. The van der Waals surface area contributed by atoms with Gasteiger partial charge in [-0.2, -0.15) is 0 Å². The third-order valence-electron chi connectivity index (χ3n) is 3.46. The maximum atomic E-state index is 12.2. The van der Waals surface area contributed by atoms with Crippen LogP contribution in [0.25, 0.3) is 0 Å². The number of hydrogen-bond acceptors (Lipinski definition) is 5. The van der Waals surface area contributed by atoms with Crippen LogP contribution in [0.15, 0.2) is 17.2 Å². The highest BCUT2D eigenvalue weighted by atomic mass is 32.2. The van der Waals surface area contributed by atoms with Crippen LogP contribution in [0.4, 0.5) is 0 Å². The monoisotopic (exact) mass is 335 g/mol. The van der Waals surface area contributed by atoms with Gasteiger partial charge in [-0.3, -0.25) is 4.79 Å². The number of nitrogens with zero attached hydrogens (tertiary/aromatic N) is 1. The molecule has 118 valence electrons. The van der Waals surface area contributed by atoms with Crippen LogP contribution in [0.1, 0.15) is 23.8 Å². The van der Waals surface area contributed by atoms with E-state index < -0.39 is 31.3 Å². The number of nitrogens with two attached hydrogens (primary N) is 1. The number of amides is 1. The molecule has 0 radical (unpaired) electrons. The van der Waals surface area contributed by atoms with Gasteiger partial charge >= 0.3 is 0 Å². The third-order valence-corrected chi connectivity index (χ3v) is 6.24. The molecular formula is C11H17N3O5S2. The van der Waals surface area contributed by atoms with Gasteiger partial charge in [-0.25, -0.2) is 22.0 Å². The fourth-order valence-corrected chi connectivity index (χ4v) is 5.04. The van der Waals surface area contributed by atoms with Gasteiger partial charge in [0.1, 0.15) is 10.6 Å². The number of sulfone groups is 1. The lowest BCUT2D eigenvalue weighted by Crippen LogP contribution is -2.47. The molecule has 2 rings (SSSR count). The van der Waals surface area contributed by atoms with Gasteiger partial charge in [0.25, 0.3) is 5.91 Å². The molecule has 1 amide bonds. The van der Waals surface area contributed by atoms with Crippen LogP contribution in [0, 0.1) is 0 Å². The first-order valence-corrected chi connectivity index (χ1v) is 9.51. The SMILES string of the molecule is Cn1cc(S(N)(=O)=O)cc1C(=O)NC1(C)CCS(=O)(=O)C1. The van der Waals surface area contributed by atoms with Crippen molar-refractivity contribution in [3.8, 4) is 0 Å². The van der Waals surface area contributed by atoms with Crippen LogP contribution >= 0.6 is 0 Å². The fourth-order valence-electron chi connectivity index (χ4n) is 2.36. The van der Waals surface area contributed by atoms with Crippen LogP contribution in [-0.4, -0.2) is 44.4 Å². The molecule has 1 aliphatic rings. The first kappa shape index (κ1) is 16.0. The molecule has 0 bridgehead atoms. The maximum absolute atomic E-state index is 12.2. The number of nitrogens with one attached hydrogen (secondary N) is 1. The lowest BCUT2D eigenvalue weighted by Gasteiger charge is -2.23. The summed E-state index contributed by atoms with van der Waals surface area (Å²) in [4.78, 5) is 12.0. The quantitative estimate of drug-likeness (QED) is 0.730. The van der Waals surface area contributed by atoms with Gasteiger partial charge in [0.2, 0.25) is 10.0 Å². The van der Waals surface area contributed by atoms with Crippen LogP contribution in [-0.2, 0) is 26.9 Å². The Labute approximate surface area is 123 Å². The van der Waals surface area contributed by atoms with E-state index in [1.165, 1.54) is 17.8 Å². The summed E-state index contributed by atoms with van der Waals surface area (Å²) in [5.41, 5.74) is -0.744. The van der Waals surface area contributed by atoms with E-state index in [4.69, 9.17) is 5.14 Å². The van der Waals surface area contributed by atoms with Gasteiger partial charge in [-0.1, -0.05) is 0 Å². The molecular weight excluding hydrogens is 318 g/mol. The molecule has 1 fully saturated rings. The van der Waals surface area contributed by atoms with E-state index in [-0.39, 0.29) is 22.1 Å². The topological polar surface area (TPSA) is 128 Å². The fraction of sp³-hybridized carbons (Fsp3) is 0.545. The van der Waals surface area contributed by atoms with Crippen molar-refractivity contribution in [2.24, 2.45) is 12.2 Å². The lowest BCUT2D eigenvalue weighted by atomic mass is 10.0. The summed E-state index contributed by atoms with van der Waals surface area (Å²) in [5, 5.41) is 7.67. The van der Waals surface area contributed by atoms with Crippen molar-refractivity contribution in [1.29, 1.82) is 0 Å². The summed E-state index contributed by atoms with van der Waals surface area (Å²) < 4.78 is 46.9. The number of aromatic nitrogens is 1. The molecule has 0 aromatic carbocycles. The second-order valence-corrected chi connectivity index (χ2v) is 9.32. The Hall–Kier alpha value is -1.39. The molecule has 8 nitrogen and oxygen atoms in total. The standard InChI is InChI=1S/C11H17N3O5S2/c1-11(3-4-20(16,17)7-11)13-10(15)9-5-8(6-14(9)2)21(12,18)19/h5-6H,3-4,7H2,1-2H3,(H,13,15)(H2,12,18,19). The molecule has 0 aliphatic carbocycles. The number of rotatable bonds is 3. The summed E-state index contributed by atoms with van der Waals surface area (Å²) in [6.07, 6.45) is 1.56. The normalized spacial score (nSPS) is 24.9. The molecule has 2 heterocycles. The number of sulfonamides is 1. The summed E-state index contributed by atoms with van der Waals surface area (Å²) in [7, 11) is -5.53. The Kier molecular flexibility index (Phi) is 3.67. The molecule has 1 aliphatic heterocycles. The molecule has 1 unspecified atom stereocenters. The van der Waals surface area contributed by atoms with E-state index in [1.54, 1.807) is 6.92 Å². The molecule has 10 heteroatoms. The van der Waals surface area contributed by atoms with Crippen LogP contribution in [0.3, 0.4) is 0 Å². The Morgan fingerprint density at radius 1 is 1.48 bits per heavy atom. The molecule has 1 atom stereocenters. The molecule has 0 saturated carbocycles. The van der Waals surface area contributed by atoms with Gasteiger partial charge in [-0.05, 0) is 19.4 Å². The highest BCUT2D eigenvalue weighted by Crippen LogP contribution is 2.23. The van der Waals surface area contributed by atoms with Crippen LogP contribution < -0.4 is 10.5 Å². The van der Waals surface area contributed by atoms with Crippen molar-refractivity contribution in [1.82, 2.24) is 9.88 Å². The van der Waals surface area contributed by atoms with Crippen molar-refractivity contribution >= 4 is 25.8 Å². The van der Waals surface area contributed by atoms with E-state index in [1.807, 2.05) is 0 Å². The molecule has 1 aromatic heterocycles. The highest BCUT2D eigenvalue weighted by Gasteiger charge is 2.40. The van der Waals surface area contributed by atoms with Gasteiger partial charge in [0, 0.05) is 13.2 Å². The van der Waals surface area contributed by atoms with Gasteiger partial charge in [-0.15, -0.1) is 0 Å². The second-order valence-electron chi connectivity index (χ2n) is 5.57. The molecule has 1 aromatic rings.